The average Bonchev–Trinajstić information content (AvgIpc) is 2.92. The number of nitrogens with one attached hydrogen (secondary N) is 1. The highest BCUT2D eigenvalue weighted by Crippen LogP contribution is 2.18. The lowest BCUT2D eigenvalue weighted by molar-refractivity contribution is -0.119. The van der Waals surface area contributed by atoms with Gasteiger partial charge in [-0.3, -0.25) is 4.79 Å². The number of rotatable bonds is 6. The van der Waals surface area contributed by atoms with E-state index in [4.69, 9.17) is 18.0 Å². The molecule has 1 amide bonds. The van der Waals surface area contributed by atoms with Gasteiger partial charge < -0.3 is 11.1 Å². The summed E-state index contributed by atoms with van der Waals surface area (Å²) in [6.45, 7) is 0. The van der Waals surface area contributed by atoms with Crippen molar-refractivity contribution in [2.75, 3.05) is 5.75 Å². The first-order valence-electron chi connectivity index (χ1n) is 6.91. The molecule has 20 heavy (non-hydrogen) atoms. The first-order chi connectivity index (χ1) is 9.65. The van der Waals surface area contributed by atoms with E-state index >= 15 is 0 Å². The van der Waals surface area contributed by atoms with E-state index in [2.05, 4.69) is 5.32 Å². The molecule has 0 unspecified atom stereocenters. The van der Waals surface area contributed by atoms with Gasteiger partial charge in [0.15, 0.2) is 0 Å². The van der Waals surface area contributed by atoms with E-state index in [9.17, 15) is 4.79 Å². The van der Waals surface area contributed by atoms with Gasteiger partial charge in [0.1, 0.15) is 4.99 Å². The minimum atomic E-state index is 0.146. The Morgan fingerprint density at radius 1 is 1.40 bits per heavy atom. The summed E-state index contributed by atoms with van der Waals surface area (Å²) in [5.41, 5.74) is 7.64. The molecule has 1 saturated carbocycles. The Labute approximate surface area is 129 Å². The lowest BCUT2D eigenvalue weighted by atomic mass is 10.1. The molecule has 0 atom stereocenters. The lowest BCUT2D eigenvalue weighted by Crippen LogP contribution is -2.33. The summed E-state index contributed by atoms with van der Waals surface area (Å²) in [5.74, 6) is 1.45. The number of thiocarbonyl (C=S) groups is 1. The molecular formula is C15H20N2OS2. The minimum Gasteiger partial charge on any atom is -0.389 e. The highest BCUT2D eigenvalue weighted by Gasteiger charge is 2.16. The van der Waals surface area contributed by atoms with Crippen molar-refractivity contribution in [1.29, 1.82) is 0 Å². The smallest absolute Gasteiger partial charge is 0.230 e. The van der Waals surface area contributed by atoms with Gasteiger partial charge in [0.05, 0.1) is 5.75 Å². The summed E-state index contributed by atoms with van der Waals surface area (Å²) < 4.78 is 0. The second kappa shape index (κ2) is 7.64. The van der Waals surface area contributed by atoms with E-state index in [1.165, 1.54) is 12.8 Å². The van der Waals surface area contributed by atoms with Crippen LogP contribution in [0.15, 0.2) is 24.3 Å². The van der Waals surface area contributed by atoms with Gasteiger partial charge in [0.2, 0.25) is 5.91 Å². The lowest BCUT2D eigenvalue weighted by Gasteiger charge is -2.11. The molecule has 0 saturated heterocycles. The molecule has 1 aromatic carbocycles. The summed E-state index contributed by atoms with van der Waals surface area (Å²) >= 11 is 6.58. The molecule has 0 aliphatic heterocycles. The average molecular weight is 308 g/mol. The Morgan fingerprint density at radius 3 is 2.85 bits per heavy atom. The molecule has 0 radical (unpaired) electrons. The molecule has 2 rings (SSSR count). The molecule has 1 aromatic rings. The molecular weight excluding hydrogens is 288 g/mol. The molecule has 1 aliphatic carbocycles. The number of hydrogen-bond acceptors (Lipinski definition) is 3. The molecule has 1 fully saturated rings. The Hall–Kier alpha value is -1.07. The van der Waals surface area contributed by atoms with Crippen molar-refractivity contribution in [2.24, 2.45) is 5.73 Å². The van der Waals surface area contributed by atoms with E-state index < -0.39 is 0 Å². The summed E-state index contributed by atoms with van der Waals surface area (Å²) in [5, 5.41) is 3.09. The minimum absolute atomic E-state index is 0.146. The topological polar surface area (TPSA) is 55.1 Å². The standard InChI is InChI=1S/C15H20N2OS2/c16-15(19)12-5-3-4-11(8-12)9-20-10-14(18)17-13-6-1-2-7-13/h3-5,8,13H,1-2,6-7,9-10H2,(H2,16,19)(H,17,18). The zero-order chi connectivity index (χ0) is 14.4. The van der Waals surface area contributed by atoms with Gasteiger partial charge in [-0.05, 0) is 24.5 Å². The van der Waals surface area contributed by atoms with Gasteiger partial charge in [-0.1, -0.05) is 43.3 Å². The molecule has 3 N–H and O–H groups in total. The predicted octanol–water partition coefficient (Wildman–Crippen LogP) is 2.61. The van der Waals surface area contributed by atoms with Crippen molar-refractivity contribution >= 4 is 34.9 Å². The molecule has 0 heterocycles. The Kier molecular flexibility index (Phi) is 5.86. The fourth-order valence-electron chi connectivity index (χ4n) is 2.42. The number of carbonyl (C=O) groups excluding carboxylic acids is 1. The maximum absolute atomic E-state index is 11.8. The van der Waals surface area contributed by atoms with E-state index in [-0.39, 0.29) is 5.91 Å². The predicted molar refractivity (Wildman–Crippen MR) is 88.9 cm³/mol. The van der Waals surface area contributed by atoms with Gasteiger partial charge in [-0.15, -0.1) is 11.8 Å². The number of benzene rings is 1. The fraction of sp³-hybridized carbons (Fsp3) is 0.467. The zero-order valence-electron chi connectivity index (χ0n) is 11.4. The third kappa shape index (κ3) is 4.80. The molecule has 3 nitrogen and oxygen atoms in total. The van der Waals surface area contributed by atoms with Crippen molar-refractivity contribution in [3.05, 3.63) is 35.4 Å². The summed E-state index contributed by atoms with van der Waals surface area (Å²) in [7, 11) is 0. The zero-order valence-corrected chi connectivity index (χ0v) is 13.1. The van der Waals surface area contributed by atoms with E-state index in [0.29, 0.717) is 16.8 Å². The SMILES string of the molecule is NC(=S)c1cccc(CSCC(=O)NC2CCCC2)c1. The highest BCUT2D eigenvalue weighted by molar-refractivity contribution is 7.99. The Morgan fingerprint density at radius 2 is 2.15 bits per heavy atom. The van der Waals surface area contributed by atoms with Crippen LogP contribution in [0.4, 0.5) is 0 Å². The van der Waals surface area contributed by atoms with E-state index in [0.717, 1.165) is 29.7 Å². The van der Waals surface area contributed by atoms with Crippen LogP contribution in [0.25, 0.3) is 0 Å². The van der Waals surface area contributed by atoms with Crippen LogP contribution in [-0.2, 0) is 10.5 Å². The maximum Gasteiger partial charge on any atom is 0.230 e. The Balaban J connectivity index is 1.73. The molecule has 108 valence electrons. The van der Waals surface area contributed by atoms with Crippen LogP contribution in [0, 0.1) is 0 Å². The highest BCUT2D eigenvalue weighted by atomic mass is 32.2. The van der Waals surface area contributed by atoms with Crippen LogP contribution in [0.2, 0.25) is 0 Å². The summed E-state index contributed by atoms with van der Waals surface area (Å²) in [4.78, 5) is 12.2. The number of nitrogens with two attached hydrogens (primary N) is 1. The number of hydrogen-bond donors (Lipinski definition) is 2. The van der Waals surface area contributed by atoms with Gasteiger partial charge >= 0.3 is 0 Å². The van der Waals surface area contributed by atoms with Crippen LogP contribution in [0.1, 0.15) is 36.8 Å². The van der Waals surface area contributed by atoms with Crippen molar-refractivity contribution in [3.63, 3.8) is 0 Å². The van der Waals surface area contributed by atoms with Crippen LogP contribution in [-0.4, -0.2) is 22.7 Å². The van der Waals surface area contributed by atoms with Crippen LogP contribution < -0.4 is 11.1 Å². The number of carbonyl (C=O) groups is 1. The quantitative estimate of drug-likeness (QED) is 0.793. The molecule has 5 heteroatoms. The van der Waals surface area contributed by atoms with Gasteiger partial charge in [0.25, 0.3) is 0 Å². The molecule has 0 bridgehead atoms. The Bertz CT molecular complexity index is 485. The van der Waals surface area contributed by atoms with Crippen molar-refractivity contribution < 1.29 is 4.79 Å². The van der Waals surface area contributed by atoms with Crippen LogP contribution >= 0.6 is 24.0 Å². The van der Waals surface area contributed by atoms with Crippen LogP contribution in [0.5, 0.6) is 0 Å². The van der Waals surface area contributed by atoms with Crippen LogP contribution in [0.3, 0.4) is 0 Å². The van der Waals surface area contributed by atoms with Gasteiger partial charge in [-0.25, -0.2) is 0 Å². The summed E-state index contributed by atoms with van der Waals surface area (Å²) in [6, 6.07) is 8.28. The van der Waals surface area contributed by atoms with Gasteiger partial charge in [0, 0.05) is 17.4 Å². The third-order valence-corrected chi connectivity index (χ3v) is 4.67. The molecule has 0 spiro atoms. The first kappa shape index (κ1) is 15.3. The molecule has 1 aliphatic rings. The number of thioether (sulfide) groups is 1. The fourth-order valence-corrected chi connectivity index (χ4v) is 3.33. The van der Waals surface area contributed by atoms with Gasteiger partial charge in [-0.2, -0.15) is 0 Å². The maximum atomic E-state index is 11.8. The first-order valence-corrected chi connectivity index (χ1v) is 8.47. The third-order valence-electron chi connectivity index (χ3n) is 3.43. The van der Waals surface area contributed by atoms with Crippen molar-refractivity contribution in [1.82, 2.24) is 5.32 Å². The normalized spacial score (nSPS) is 15.2. The van der Waals surface area contributed by atoms with Crippen molar-refractivity contribution in [2.45, 2.75) is 37.5 Å². The summed E-state index contributed by atoms with van der Waals surface area (Å²) in [6.07, 6.45) is 4.74. The van der Waals surface area contributed by atoms with E-state index in [1.807, 2.05) is 24.3 Å². The monoisotopic (exact) mass is 308 g/mol. The van der Waals surface area contributed by atoms with Crippen molar-refractivity contribution in [3.8, 4) is 0 Å². The largest absolute Gasteiger partial charge is 0.389 e. The second-order valence-electron chi connectivity index (χ2n) is 5.11. The second-order valence-corrected chi connectivity index (χ2v) is 6.53. The number of amides is 1. The molecule has 0 aromatic heterocycles. The van der Waals surface area contributed by atoms with E-state index in [1.54, 1.807) is 11.8 Å².